The smallest absolute Gasteiger partial charge is 0.328 e. The Morgan fingerprint density at radius 3 is 2.57 bits per heavy atom. The van der Waals surface area contributed by atoms with Gasteiger partial charge in [0.05, 0.1) is 4.90 Å². The first-order valence-electron chi connectivity index (χ1n) is 8.13. The van der Waals surface area contributed by atoms with E-state index in [-0.39, 0.29) is 22.8 Å². The van der Waals surface area contributed by atoms with Crippen LogP contribution >= 0.6 is 0 Å². The van der Waals surface area contributed by atoms with Crippen LogP contribution in [-0.4, -0.2) is 25.2 Å². The van der Waals surface area contributed by atoms with Crippen LogP contribution in [0, 0.1) is 11.8 Å². The van der Waals surface area contributed by atoms with Gasteiger partial charge in [0.15, 0.2) is 14.6 Å². The summed E-state index contributed by atoms with van der Waals surface area (Å²) >= 11 is 0. The molecule has 3 unspecified atom stereocenters. The molecule has 0 bridgehead atoms. The number of carbonyl (C=O) groups excluding carboxylic acids is 1. The maximum Gasteiger partial charge on any atom is 0.328 e. The van der Waals surface area contributed by atoms with E-state index in [2.05, 4.69) is 13.0 Å². The molecule has 4 atom stereocenters. The summed E-state index contributed by atoms with van der Waals surface area (Å²) in [6, 6.07) is 8.27. The van der Waals surface area contributed by atoms with E-state index in [1.165, 1.54) is 5.57 Å². The second-order valence-electron chi connectivity index (χ2n) is 6.97. The topological polar surface area (TPSA) is 60.4 Å². The molecule has 3 aliphatic rings. The van der Waals surface area contributed by atoms with Gasteiger partial charge < -0.3 is 4.74 Å². The minimum Gasteiger partial charge on any atom is -0.461 e. The van der Waals surface area contributed by atoms with Crippen LogP contribution in [0.2, 0.25) is 0 Å². The van der Waals surface area contributed by atoms with Crippen molar-refractivity contribution in [2.75, 3.05) is 0 Å². The van der Waals surface area contributed by atoms with Crippen molar-refractivity contribution in [2.24, 2.45) is 11.8 Å². The molecule has 0 aromatic heterocycles. The molecule has 1 aromatic carbocycles. The van der Waals surface area contributed by atoms with Gasteiger partial charge in [0.2, 0.25) is 0 Å². The van der Waals surface area contributed by atoms with E-state index < -0.39 is 20.6 Å². The van der Waals surface area contributed by atoms with Crippen LogP contribution in [0.4, 0.5) is 0 Å². The number of cyclic esters (lactones) is 1. The lowest BCUT2D eigenvalue weighted by Crippen LogP contribution is -2.31. The van der Waals surface area contributed by atoms with Crippen LogP contribution in [0.15, 0.2) is 46.9 Å². The van der Waals surface area contributed by atoms with E-state index in [9.17, 15) is 13.2 Å². The molecule has 2 aliphatic carbocycles. The molecule has 0 radical (unpaired) electrons. The zero-order valence-corrected chi connectivity index (χ0v) is 13.9. The molecule has 4 nitrogen and oxygen atoms in total. The van der Waals surface area contributed by atoms with Gasteiger partial charge in [-0.3, -0.25) is 4.79 Å². The van der Waals surface area contributed by atoms with Gasteiger partial charge in [0.25, 0.3) is 0 Å². The molecule has 1 saturated heterocycles. The van der Waals surface area contributed by atoms with Crippen LogP contribution in [0.25, 0.3) is 0 Å². The predicted molar refractivity (Wildman–Crippen MR) is 85.4 cm³/mol. The number of hydrogen-bond acceptors (Lipinski definition) is 4. The van der Waals surface area contributed by atoms with E-state index >= 15 is 0 Å². The van der Waals surface area contributed by atoms with Gasteiger partial charge in [-0.2, -0.15) is 0 Å². The highest BCUT2D eigenvalue weighted by Crippen LogP contribution is 2.62. The highest BCUT2D eigenvalue weighted by atomic mass is 32.2. The molecule has 4 rings (SSSR count). The van der Waals surface area contributed by atoms with Crippen molar-refractivity contribution in [1.29, 1.82) is 0 Å². The van der Waals surface area contributed by atoms with Crippen LogP contribution < -0.4 is 0 Å². The lowest BCUT2D eigenvalue weighted by Gasteiger charge is -2.26. The van der Waals surface area contributed by atoms with Gasteiger partial charge >= 0.3 is 5.97 Å². The Balaban J connectivity index is 1.64. The van der Waals surface area contributed by atoms with E-state index in [0.29, 0.717) is 6.42 Å². The predicted octanol–water partition coefficient (Wildman–Crippen LogP) is 2.89. The number of sulfone groups is 1. The van der Waals surface area contributed by atoms with Crippen molar-refractivity contribution in [3.63, 3.8) is 0 Å². The zero-order chi connectivity index (χ0) is 16.2. The number of rotatable bonds is 3. The highest BCUT2D eigenvalue weighted by Gasteiger charge is 2.78. The van der Waals surface area contributed by atoms with E-state index in [1.807, 2.05) is 0 Å². The standard InChI is InChI=1S/C18H20O4S/c1-12-7-9-13(10-8-12)16-15-11-18(15,17(19)22-16)23(20,21)14-5-3-2-4-6-14/h2-7,13,15-16H,8-11H2,1H3/t13?,15?,16?,18-/m0/s1. The van der Waals surface area contributed by atoms with Gasteiger partial charge in [0.1, 0.15) is 6.10 Å². The van der Waals surface area contributed by atoms with Crippen LogP contribution in [-0.2, 0) is 19.4 Å². The lowest BCUT2D eigenvalue weighted by molar-refractivity contribution is -0.146. The molecule has 0 amide bonds. The maximum atomic E-state index is 13.0. The minimum atomic E-state index is -3.69. The maximum absolute atomic E-state index is 13.0. The fourth-order valence-corrected chi connectivity index (χ4v) is 6.26. The fraction of sp³-hybridized carbons (Fsp3) is 0.500. The Kier molecular flexibility index (Phi) is 3.21. The fourth-order valence-electron chi connectivity index (χ4n) is 4.13. The van der Waals surface area contributed by atoms with Crippen LogP contribution in [0.3, 0.4) is 0 Å². The molecule has 1 aliphatic heterocycles. The van der Waals surface area contributed by atoms with Crippen molar-refractivity contribution >= 4 is 15.8 Å². The Morgan fingerprint density at radius 2 is 1.96 bits per heavy atom. The summed E-state index contributed by atoms with van der Waals surface area (Å²) in [5.74, 6) is -0.470. The molecular formula is C18H20O4S. The van der Waals surface area contributed by atoms with Crippen LogP contribution in [0.1, 0.15) is 32.6 Å². The Morgan fingerprint density at radius 1 is 1.22 bits per heavy atom. The summed E-state index contributed by atoms with van der Waals surface area (Å²) in [5, 5.41) is 0. The normalized spacial score (nSPS) is 36.1. The summed E-state index contributed by atoms with van der Waals surface area (Å²) in [6.45, 7) is 2.11. The number of fused-ring (bicyclic) bond motifs is 1. The zero-order valence-electron chi connectivity index (χ0n) is 13.1. The molecule has 23 heavy (non-hydrogen) atoms. The average Bonchev–Trinajstić information content (AvgIpc) is 3.25. The summed E-state index contributed by atoms with van der Waals surface area (Å²) in [4.78, 5) is 12.7. The number of benzene rings is 1. The summed E-state index contributed by atoms with van der Waals surface area (Å²) in [6.07, 6.45) is 5.21. The number of allylic oxidation sites excluding steroid dienone is 2. The third kappa shape index (κ3) is 2.02. The summed E-state index contributed by atoms with van der Waals surface area (Å²) in [5.41, 5.74) is 1.37. The second kappa shape index (κ2) is 4.94. The van der Waals surface area contributed by atoms with Crippen molar-refractivity contribution in [2.45, 2.75) is 48.4 Å². The Hall–Kier alpha value is -1.62. The van der Waals surface area contributed by atoms with Gasteiger partial charge in [0, 0.05) is 11.8 Å². The molecule has 1 heterocycles. The third-order valence-electron chi connectivity index (χ3n) is 5.62. The van der Waals surface area contributed by atoms with E-state index in [1.54, 1.807) is 30.3 Å². The monoisotopic (exact) mass is 332 g/mol. The first-order chi connectivity index (χ1) is 11.0. The summed E-state index contributed by atoms with van der Waals surface area (Å²) < 4.78 is 30.2. The highest BCUT2D eigenvalue weighted by molar-refractivity contribution is 7.94. The van der Waals surface area contributed by atoms with Gasteiger partial charge in [-0.25, -0.2) is 8.42 Å². The van der Waals surface area contributed by atoms with Crippen molar-refractivity contribution in [1.82, 2.24) is 0 Å². The lowest BCUT2D eigenvalue weighted by atomic mass is 9.84. The van der Waals surface area contributed by atoms with Crippen molar-refractivity contribution < 1.29 is 17.9 Å². The second-order valence-corrected chi connectivity index (χ2v) is 9.18. The van der Waals surface area contributed by atoms with Crippen LogP contribution in [0.5, 0.6) is 0 Å². The third-order valence-corrected chi connectivity index (χ3v) is 8.11. The Labute approximate surface area is 136 Å². The molecule has 2 fully saturated rings. The van der Waals surface area contributed by atoms with Crippen molar-refractivity contribution in [3.8, 4) is 0 Å². The quantitative estimate of drug-likeness (QED) is 0.631. The van der Waals surface area contributed by atoms with E-state index in [0.717, 1.165) is 19.3 Å². The molecule has 1 saturated carbocycles. The first kappa shape index (κ1) is 14.9. The van der Waals surface area contributed by atoms with Gasteiger partial charge in [-0.15, -0.1) is 0 Å². The number of ether oxygens (including phenoxy) is 1. The average molecular weight is 332 g/mol. The summed E-state index contributed by atoms with van der Waals surface area (Å²) in [7, 11) is -3.69. The molecule has 0 N–H and O–H groups in total. The first-order valence-corrected chi connectivity index (χ1v) is 9.61. The van der Waals surface area contributed by atoms with E-state index in [4.69, 9.17) is 4.74 Å². The SMILES string of the molecule is CC1=CCC(C2OC(=O)[C@]3(S(=O)(=O)c4ccccc4)CC23)CC1. The van der Waals surface area contributed by atoms with Crippen molar-refractivity contribution in [3.05, 3.63) is 42.0 Å². The molecule has 122 valence electrons. The number of esters is 1. The minimum absolute atomic E-state index is 0.183. The van der Waals surface area contributed by atoms with Gasteiger partial charge in [-0.05, 0) is 44.7 Å². The molecule has 5 heteroatoms. The molecule has 1 aromatic rings. The molecule has 0 spiro atoms. The number of hydrogen-bond donors (Lipinski definition) is 0. The number of carbonyl (C=O) groups is 1. The Bertz CT molecular complexity index is 780. The van der Waals surface area contributed by atoms with Gasteiger partial charge in [-0.1, -0.05) is 29.8 Å². The molecular weight excluding hydrogens is 312 g/mol. The largest absolute Gasteiger partial charge is 0.461 e.